The quantitative estimate of drug-likeness (QED) is 0.182. The van der Waals surface area contributed by atoms with Crippen LogP contribution in [0.5, 0.6) is 0 Å². The van der Waals surface area contributed by atoms with Gasteiger partial charge in [-0.2, -0.15) is 0 Å². The Morgan fingerprint density at radius 3 is 1.42 bits per heavy atom. The van der Waals surface area contributed by atoms with Crippen molar-refractivity contribution in [3.63, 3.8) is 0 Å². The van der Waals surface area contributed by atoms with Crippen LogP contribution in [0.3, 0.4) is 0 Å². The summed E-state index contributed by atoms with van der Waals surface area (Å²) in [7, 11) is 0. The fraction of sp³-hybridized carbons (Fsp3) is 0. The molecule has 0 aliphatic rings. The van der Waals surface area contributed by atoms with Gasteiger partial charge >= 0.3 is 0 Å². The van der Waals surface area contributed by atoms with E-state index >= 15 is 0 Å². The first kappa shape index (κ1) is 29.4. The van der Waals surface area contributed by atoms with Crippen molar-refractivity contribution in [2.24, 2.45) is 0 Å². The lowest BCUT2D eigenvalue weighted by molar-refractivity contribution is 1.07. The summed E-state index contributed by atoms with van der Waals surface area (Å²) in [4.78, 5) is 19.3. The number of nitrogens with zero attached hydrogens (tertiary/aromatic N) is 4. The fourth-order valence-corrected chi connectivity index (χ4v) is 6.62. The van der Waals surface area contributed by atoms with Gasteiger partial charge in [0, 0.05) is 33.8 Å². The highest BCUT2D eigenvalue weighted by Crippen LogP contribution is 2.35. The van der Waals surface area contributed by atoms with E-state index in [1.165, 1.54) is 27.5 Å². The van der Waals surface area contributed by atoms with Crippen molar-refractivity contribution < 1.29 is 0 Å². The van der Waals surface area contributed by atoms with Gasteiger partial charge in [-0.15, -0.1) is 0 Å². The third-order valence-corrected chi connectivity index (χ3v) is 9.20. The van der Waals surface area contributed by atoms with Gasteiger partial charge in [0.05, 0.1) is 5.52 Å². The predicted molar refractivity (Wildman–Crippen MR) is 205 cm³/mol. The van der Waals surface area contributed by atoms with Crippen molar-refractivity contribution in [2.75, 3.05) is 0 Å². The molecule has 2 aromatic heterocycles. The topological polar surface area (TPSA) is 51.6 Å². The summed E-state index contributed by atoms with van der Waals surface area (Å²) in [5, 5.41) is 3.55. The van der Waals surface area contributed by atoms with Crippen LogP contribution in [0.15, 0.2) is 182 Å². The Kier molecular flexibility index (Phi) is 7.45. The molecule has 4 nitrogen and oxygen atoms in total. The van der Waals surface area contributed by atoms with Crippen molar-refractivity contribution in [1.82, 2.24) is 19.9 Å². The normalized spacial score (nSPS) is 11.2. The molecule has 0 unspecified atom stereocenters. The molecule has 9 aromatic rings. The highest BCUT2D eigenvalue weighted by atomic mass is 15.0. The van der Waals surface area contributed by atoms with Crippen LogP contribution in [0.25, 0.3) is 89.2 Å². The summed E-state index contributed by atoms with van der Waals surface area (Å²) in [6.45, 7) is 0. The smallest absolute Gasteiger partial charge is 0.164 e. The summed E-state index contributed by atoms with van der Waals surface area (Å²) in [6, 6.07) is 61.1. The minimum atomic E-state index is 0.646. The maximum Gasteiger partial charge on any atom is 0.164 e. The number of hydrogen-bond donors (Lipinski definition) is 0. The van der Waals surface area contributed by atoms with Crippen LogP contribution in [0.2, 0.25) is 0 Å². The van der Waals surface area contributed by atoms with Gasteiger partial charge in [-0.1, -0.05) is 164 Å². The number of aromatic nitrogens is 4. The van der Waals surface area contributed by atoms with E-state index in [0.29, 0.717) is 17.5 Å². The predicted octanol–water partition coefficient (Wildman–Crippen LogP) is 11.6. The summed E-state index contributed by atoms with van der Waals surface area (Å²) in [5.74, 6) is 1.95. The van der Waals surface area contributed by atoms with Gasteiger partial charge < -0.3 is 0 Å². The van der Waals surface area contributed by atoms with Gasteiger partial charge in [-0.3, -0.25) is 4.98 Å². The van der Waals surface area contributed by atoms with Crippen molar-refractivity contribution in [3.8, 4) is 67.5 Å². The molecule has 0 fully saturated rings. The van der Waals surface area contributed by atoms with Gasteiger partial charge in [-0.25, -0.2) is 15.0 Å². The van der Waals surface area contributed by atoms with Crippen LogP contribution in [0.1, 0.15) is 0 Å². The molecule has 9 rings (SSSR count). The van der Waals surface area contributed by atoms with Gasteiger partial charge in [-0.05, 0) is 50.7 Å². The van der Waals surface area contributed by atoms with E-state index in [9.17, 15) is 0 Å². The van der Waals surface area contributed by atoms with E-state index < -0.39 is 0 Å². The molecule has 0 aliphatic carbocycles. The maximum atomic E-state index is 4.91. The van der Waals surface area contributed by atoms with E-state index in [4.69, 9.17) is 15.0 Å². The Bertz CT molecular complexity index is 2550. The number of rotatable bonds is 6. The average Bonchev–Trinajstić information content (AvgIpc) is 3.21. The SMILES string of the molecule is c1ccc(-c2nc(-c3ccccc3)nc(-c3ccc(-c4cccc5ccc(-c6ccc(-c7cccc8cccnc78)cc6)cc45)cc3)n2)cc1. The van der Waals surface area contributed by atoms with Crippen molar-refractivity contribution in [1.29, 1.82) is 0 Å². The molecule has 2 heterocycles. The third-order valence-electron chi connectivity index (χ3n) is 9.20. The van der Waals surface area contributed by atoms with Crippen LogP contribution in [-0.2, 0) is 0 Å². The number of para-hydroxylation sites is 1. The number of benzene rings is 7. The molecule has 0 saturated carbocycles. The Balaban J connectivity index is 1.06. The van der Waals surface area contributed by atoms with Crippen LogP contribution in [0.4, 0.5) is 0 Å². The fourth-order valence-electron chi connectivity index (χ4n) is 6.62. The summed E-state index contributed by atoms with van der Waals surface area (Å²) in [6.07, 6.45) is 1.86. The lowest BCUT2D eigenvalue weighted by atomic mass is 9.93. The van der Waals surface area contributed by atoms with E-state index in [1.807, 2.05) is 72.9 Å². The van der Waals surface area contributed by atoms with Gasteiger partial charge in [0.15, 0.2) is 17.5 Å². The summed E-state index contributed by atoms with van der Waals surface area (Å²) >= 11 is 0. The molecule has 7 aromatic carbocycles. The molecule has 0 aliphatic heterocycles. The summed E-state index contributed by atoms with van der Waals surface area (Å²) < 4.78 is 0. The van der Waals surface area contributed by atoms with Crippen molar-refractivity contribution in [2.45, 2.75) is 0 Å². The Morgan fingerprint density at radius 2 is 0.780 bits per heavy atom. The second-order valence-corrected chi connectivity index (χ2v) is 12.3. The highest BCUT2D eigenvalue weighted by Gasteiger charge is 2.13. The third kappa shape index (κ3) is 5.59. The van der Waals surface area contributed by atoms with E-state index in [2.05, 4.69) is 114 Å². The molecule has 234 valence electrons. The molecule has 0 bridgehead atoms. The average molecular weight is 639 g/mol. The first-order valence-electron chi connectivity index (χ1n) is 16.7. The lowest BCUT2D eigenvalue weighted by Gasteiger charge is -2.12. The number of hydrogen-bond acceptors (Lipinski definition) is 4. The number of fused-ring (bicyclic) bond motifs is 2. The molecule has 0 N–H and O–H groups in total. The second kappa shape index (κ2) is 12.7. The van der Waals surface area contributed by atoms with Crippen LogP contribution >= 0.6 is 0 Å². The minimum Gasteiger partial charge on any atom is -0.256 e. The molecule has 0 radical (unpaired) electrons. The summed E-state index contributed by atoms with van der Waals surface area (Å²) in [5.41, 5.74) is 10.8. The molecule has 0 atom stereocenters. The molecular formula is C46H30N4. The lowest BCUT2D eigenvalue weighted by Crippen LogP contribution is -2.00. The van der Waals surface area contributed by atoms with E-state index in [-0.39, 0.29) is 0 Å². The van der Waals surface area contributed by atoms with Crippen LogP contribution in [-0.4, -0.2) is 19.9 Å². The molecule has 0 amide bonds. The van der Waals surface area contributed by atoms with Crippen molar-refractivity contribution >= 4 is 21.7 Å². The standard InChI is InChI=1S/C46H30N4/c1-3-10-36(11-4-1)44-48-45(37-12-5-2-6-13-37)50-46(49-44)38-26-23-33(24-27-38)40-17-7-14-32-25-28-39(30-42(32)40)31-19-21-34(22-20-31)41-18-8-15-35-16-9-29-47-43(35)41/h1-30H. The molecule has 0 spiro atoms. The van der Waals surface area contributed by atoms with E-state index in [0.717, 1.165) is 44.3 Å². The Hall–Kier alpha value is -6.78. The first-order chi connectivity index (χ1) is 24.8. The zero-order chi connectivity index (χ0) is 33.3. The van der Waals surface area contributed by atoms with Gasteiger partial charge in [0.2, 0.25) is 0 Å². The minimum absolute atomic E-state index is 0.646. The Labute approximate surface area is 290 Å². The van der Waals surface area contributed by atoms with E-state index in [1.54, 1.807) is 0 Å². The monoisotopic (exact) mass is 638 g/mol. The molecular weight excluding hydrogens is 609 g/mol. The largest absolute Gasteiger partial charge is 0.256 e. The van der Waals surface area contributed by atoms with Crippen LogP contribution in [0, 0.1) is 0 Å². The van der Waals surface area contributed by atoms with Gasteiger partial charge in [0.25, 0.3) is 0 Å². The second-order valence-electron chi connectivity index (χ2n) is 12.3. The number of pyridine rings is 1. The first-order valence-corrected chi connectivity index (χ1v) is 16.7. The Morgan fingerprint density at radius 1 is 0.300 bits per heavy atom. The van der Waals surface area contributed by atoms with Gasteiger partial charge in [0.1, 0.15) is 0 Å². The van der Waals surface area contributed by atoms with Crippen molar-refractivity contribution in [3.05, 3.63) is 182 Å². The molecule has 0 saturated heterocycles. The molecule has 4 heteroatoms. The zero-order valence-electron chi connectivity index (χ0n) is 27.1. The zero-order valence-corrected chi connectivity index (χ0v) is 27.1. The maximum absolute atomic E-state index is 4.91. The highest BCUT2D eigenvalue weighted by molar-refractivity contribution is 5.99. The van der Waals surface area contributed by atoms with Crippen LogP contribution < -0.4 is 0 Å². The molecule has 50 heavy (non-hydrogen) atoms.